The lowest BCUT2D eigenvalue weighted by molar-refractivity contribution is -0.0499. The molecule has 3 heterocycles. The van der Waals surface area contributed by atoms with E-state index in [1.54, 1.807) is 35.8 Å². The van der Waals surface area contributed by atoms with E-state index in [0.29, 0.717) is 30.3 Å². The Bertz CT molecular complexity index is 1200. The fourth-order valence-electron chi connectivity index (χ4n) is 3.91. The molecule has 11 heteroatoms. The zero-order valence-corrected chi connectivity index (χ0v) is 20.9. The normalized spacial score (nSPS) is 14.5. The van der Waals surface area contributed by atoms with Crippen LogP contribution >= 0.6 is 0 Å². The molecular formula is C26H29F2N5O4. The number of alkyl halides is 2. The number of aromatic nitrogens is 4. The van der Waals surface area contributed by atoms with E-state index in [1.165, 1.54) is 18.2 Å². The van der Waals surface area contributed by atoms with Gasteiger partial charge in [-0.3, -0.25) is 4.98 Å². The van der Waals surface area contributed by atoms with E-state index in [-0.39, 0.29) is 23.6 Å². The maximum Gasteiger partial charge on any atom is 0.410 e. The molecule has 1 amide bonds. The van der Waals surface area contributed by atoms with Crippen molar-refractivity contribution in [2.45, 2.75) is 52.2 Å². The van der Waals surface area contributed by atoms with Crippen molar-refractivity contribution in [3.8, 4) is 28.8 Å². The van der Waals surface area contributed by atoms with Crippen LogP contribution in [-0.2, 0) is 11.2 Å². The van der Waals surface area contributed by atoms with Gasteiger partial charge >= 0.3 is 18.7 Å². The summed E-state index contributed by atoms with van der Waals surface area (Å²) >= 11 is 0. The Morgan fingerprint density at radius 2 is 1.78 bits per heavy atom. The van der Waals surface area contributed by atoms with Gasteiger partial charge in [-0.25, -0.2) is 19.7 Å². The molecule has 37 heavy (non-hydrogen) atoms. The average Bonchev–Trinajstić information content (AvgIpc) is 2.84. The molecule has 0 atom stereocenters. The summed E-state index contributed by atoms with van der Waals surface area (Å²) in [7, 11) is 0. The SMILES string of the molecule is CC(C)(C)OC(=O)N1CCC(Cc2cncc(-c3cnc(Oc4cccc(OC(F)F)c4)nc3)n2)CC1. The molecule has 0 spiro atoms. The van der Waals surface area contributed by atoms with Gasteiger partial charge in [-0.05, 0) is 58.1 Å². The van der Waals surface area contributed by atoms with Crippen LogP contribution in [0, 0.1) is 5.92 Å². The fourth-order valence-corrected chi connectivity index (χ4v) is 3.91. The van der Waals surface area contributed by atoms with Crippen molar-refractivity contribution >= 4 is 6.09 Å². The van der Waals surface area contributed by atoms with E-state index >= 15 is 0 Å². The first-order valence-corrected chi connectivity index (χ1v) is 12.0. The number of ether oxygens (including phenoxy) is 3. The maximum atomic E-state index is 12.4. The van der Waals surface area contributed by atoms with Crippen molar-refractivity contribution in [1.82, 2.24) is 24.8 Å². The van der Waals surface area contributed by atoms with Crippen LogP contribution in [0.1, 0.15) is 39.3 Å². The first kappa shape index (κ1) is 26.2. The van der Waals surface area contributed by atoms with Crippen LogP contribution in [0.25, 0.3) is 11.3 Å². The number of carbonyl (C=O) groups is 1. The highest BCUT2D eigenvalue weighted by Gasteiger charge is 2.27. The number of rotatable bonds is 7. The predicted molar refractivity (Wildman–Crippen MR) is 130 cm³/mol. The second kappa shape index (κ2) is 11.4. The summed E-state index contributed by atoms with van der Waals surface area (Å²) in [5.74, 6) is 0.636. The molecule has 0 bridgehead atoms. The largest absolute Gasteiger partial charge is 0.444 e. The second-order valence-corrected chi connectivity index (χ2v) is 9.72. The average molecular weight is 514 g/mol. The monoisotopic (exact) mass is 513 g/mol. The lowest BCUT2D eigenvalue weighted by Crippen LogP contribution is -2.42. The van der Waals surface area contributed by atoms with Gasteiger partial charge in [-0.2, -0.15) is 8.78 Å². The smallest absolute Gasteiger partial charge is 0.410 e. The highest BCUT2D eigenvalue weighted by Crippen LogP contribution is 2.26. The van der Waals surface area contributed by atoms with Gasteiger partial charge in [-0.1, -0.05) is 6.07 Å². The molecule has 196 valence electrons. The van der Waals surface area contributed by atoms with Crippen LogP contribution < -0.4 is 9.47 Å². The number of likely N-dealkylation sites (tertiary alicyclic amines) is 1. The Kier molecular flexibility index (Phi) is 8.10. The van der Waals surface area contributed by atoms with Crippen molar-refractivity contribution in [3.63, 3.8) is 0 Å². The third-order valence-corrected chi connectivity index (χ3v) is 5.61. The van der Waals surface area contributed by atoms with Gasteiger partial charge in [0, 0.05) is 43.3 Å². The summed E-state index contributed by atoms with van der Waals surface area (Å²) in [4.78, 5) is 31.5. The van der Waals surface area contributed by atoms with E-state index in [1.807, 2.05) is 20.8 Å². The summed E-state index contributed by atoms with van der Waals surface area (Å²) in [6.45, 7) is 3.97. The first-order valence-electron chi connectivity index (χ1n) is 12.0. The van der Waals surface area contributed by atoms with E-state index in [4.69, 9.17) is 14.5 Å². The number of nitrogens with zero attached hydrogens (tertiary/aromatic N) is 5. The molecule has 1 saturated heterocycles. The van der Waals surface area contributed by atoms with E-state index < -0.39 is 12.2 Å². The van der Waals surface area contributed by atoms with Gasteiger partial charge in [0.2, 0.25) is 0 Å². The highest BCUT2D eigenvalue weighted by molar-refractivity contribution is 5.68. The molecule has 9 nitrogen and oxygen atoms in total. The fraction of sp³-hybridized carbons (Fsp3) is 0.423. The summed E-state index contributed by atoms with van der Waals surface area (Å²) < 4.78 is 40.2. The third kappa shape index (κ3) is 7.80. The molecule has 0 aliphatic carbocycles. The number of piperidine rings is 1. The van der Waals surface area contributed by atoms with Crippen molar-refractivity contribution < 1.29 is 27.8 Å². The third-order valence-electron chi connectivity index (χ3n) is 5.61. The Morgan fingerprint density at radius 3 is 2.46 bits per heavy atom. The van der Waals surface area contributed by atoms with Gasteiger partial charge in [0.1, 0.15) is 17.1 Å². The van der Waals surface area contributed by atoms with Crippen LogP contribution in [0.15, 0.2) is 49.1 Å². The quantitative estimate of drug-likeness (QED) is 0.407. The molecule has 1 aliphatic heterocycles. The Hall–Kier alpha value is -3.89. The molecule has 4 rings (SSSR count). The number of hydrogen-bond acceptors (Lipinski definition) is 8. The number of benzene rings is 1. The zero-order valence-electron chi connectivity index (χ0n) is 20.9. The van der Waals surface area contributed by atoms with Gasteiger partial charge in [-0.15, -0.1) is 0 Å². The number of amides is 1. The van der Waals surface area contributed by atoms with Crippen LogP contribution in [0.2, 0.25) is 0 Å². The van der Waals surface area contributed by atoms with Crippen molar-refractivity contribution in [1.29, 1.82) is 0 Å². The van der Waals surface area contributed by atoms with Gasteiger partial charge < -0.3 is 19.1 Å². The van der Waals surface area contributed by atoms with E-state index in [0.717, 1.165) is 25.0 Å². The van der Waals surface area contributed by atoms with Gasteiger partial charge in [0.15, 0.2) is 0 Å². The molecule has 3 aromatic rings. The Labute approximate surface area is 213 Å². The highest BCUT2D eigenvalue weighted by atomic mass is 19.3. The molecule has 1 aromatic carbocycles. The van der Waals surface area contributed by atoms with Crippen LogP contribution in [0.4, 0.5) is 13.6 Å². The van der Waals surface area contributed by atoms with Gasteiger partial charge in [0.05, 0.1) is 17.6 Å². The minimum absolute atomic E-state index is 0.0216. The van der Waals surface area contributed by atoms with Crippen molar-refractivity contribution in [2.75, 3.05) is 13.1 Å². The first-order chi connectivity index (χ1) is 17.6. The number of carbonyl (C=O) groups excluding carboxylic acids is 1. The predicted octanol–water partition coefficient (Wildman–Crippen LogP) is 5.52. The van der Waals surface area contributed by atoms with Crippen LogP contribution in [0.5, 0.6) is 17.5 Å². The summed E-state index contributed by atoms with van der Waals surface area (Å²) in [5, 5.41) is 0. The Balaban J connectivity index is 1.33. The molecule has 0 saturated carbocycles. The standard InChI is InChI=1S/C26H29F2N5O4/c1-26(2,3)37-25(34)33-9-7-17(8-10-33)11-19-15-29-16-22(32-19)18-13-30-24(31-14-18)36-21-6-4-5-20(12-21)35-23(27)28/h4-6,12-17,23H,7-11H2,1-3H3. The minimum atomic E-state index is -2.92. The lowest BCUT2D eigenvalue weighted by Gasteiger charge is -2.33. The molecular weight excluding hydrogens is 484 g/mol. The molecule has 0 N–H and O–H groups in total. The summed E-state index contributed by atoms with van der Waals surface area (Å²) in [6.07, 6.45) is 8.73. The summed E-state index contributed by atoms with van der Waals surface area (Å²) in [5.41, 5.74) is 1.64. The zero-order chi connectivity index (χ0) is 26.4. The number of halogens is 2. The molecule has 0 unspecified atom stereocenters. The molecule has 1 fully saturated rings. The second-order valence-electron chi connectivity index (χ2n) is 9.72. The molecule has 1 aliphatic rings. The van der Waals surface area contributed by atoms with Crippen LogP contribution in [0.3, 0.4) is 0 Å². The van der Waals surface area contributed by atoms with E-state index in [9.17, 15) is 13.6 Å². The van der Waals surface area contributed by atoms with Crippen molar-refractivity contribution in [2.24, 2.45) is 5.92 Å². The number of hydrogen-bond donors (Lipinski definition) is 0. The molecule has 2 aromatic heterocycles. The summed E-state index contributed by atoms with van der Waals surface area (Å²) in [6, 6.07) is 5.90. The Morgan fingerprint density at radius 1 is 1.08 bits per heavy atom. The maximum absolute atomic E-state index is 12.4. The van der Waals surface area contributed by atoms with Crippen LogP contribution in [-0.4, -0.2) is 56.2 Å². The molecule has 0 radical (unpaired) electrons. The lowest BCUT2D eigenvalue weighted by atomic mass is 9.92. The minimum Gasteiger partial charge on any atom is -0.444 e. The van der Waals surface area contributed by atoms with Crippen molar-refractivity contribution in [3.05, 3.63) is 54.7 Å². The van der Waals surface area contributed by atoms with E-state index in [2.05, 4.69) is 19.7 Å². The topological polar surface area (TPSA) is 99.6 Å². The van der Waals surface area contributed by atoms with Gasteiger partial charge in [0.25, 0.3) is 0 Å².